The Morgan fingerprint density at radius 2 is 1.64 bits per heavy atom. The lowest BCUT2D eigenvalue weighted by Crippen LogP contribution is -2.15. The fraction of sp³-hybridized carbons (Fsp3) is 0.333. The molecule has 0 aromatic heterocycles. The molecular formula is C18H24N2OS. The van der Waals surface area contributed by atoms with Crippen LogP contribution in [0.1, 0.15) is 22.3 Å². The van der Waals surface area contributed by atoms with Crippen LogP contribution in [0.5, 0.6) is 0 Å². The molecule has 0 aliphatic carbocycles. The van der Waals surface area contributed by atoms with Crippen LogP contribution in [0.4, 0.5) is 5.69 Å². The van der Waals surface area contributed by atoms with Crippen LogP contribution in [0, 0.1) is 13.8 Å². The van der Waals surface area contributed by atoms with Crippen molar-refractivity contribution in [1.82, 2.24) is 4.72 Å². The fourth-order valence-electron chi connectivity index (χ4n) is 2.58. The third-order valence-electron chi connectivity index (χ3n) is 3.71. The number of aryl methyl sites for hydroxylation is 3. The van der Waals surface area contributed by atoms with Gasteiger partial charge in [-0.25, -0.2) is 8.93 Å². The molecule has 0 heterocycles. The minimum atomic E-state index is -0.940. The normalized spacial score (nSPS) is 12.1. The van der Waals surface area contributed by atoms with Crippen molar-refractivity contribution in [1.29, 1.82) is 0 Å². The molecule has 0 aliphatic heterocycles. The molecule has 0 aliphatic rings. The number of hydrogen-bond donors (Lipinski definition) is 2. The van der Waals surface area contributed by atoms with E-state index in [1.807, 2.05) is 6.07 Å². The molecule has 0 fully saturated rings. The summed E-state index contributed by atoms with van der Waals surface area (Å²) < 4.78 is 14.2. The van der Waals surface area contributed by atoms with E-state index in [1.54, 1.807) is 7.05 Å². The van der Waals surface area contributed by atoms with Crippen molar-refractivity contribution in [2.24, 2.45) is 0 Å². The van der Waals surface area contributed by atoms with E-state index in [9.17, 15) is 4.21 Å². The van der Waals surface area contributed by atoms with Gasteiger partial charge in [0.05, 0.1) is 11.0 Å². The van der Waals surface area contributed by atoms with Crippen molar-refractivity contribution in [3.05, 3.63) is 64.7 Å². The van der Waals surface area contributed by atoms with Crippen LogP contribution in [0.3, 0.4) is 0 Å². The average Bonchev–Trinajstić information content (AvgIpc) is 2.52. The monoisotopic (exact) mass is 316 g/mol. The molecular weight excluding hydrogens is 292 g/mol. The zero-order valence-corrected chi connectivity index (χ0v) is 14.3. The largest absolute Gasteiger partial charge is 0.381 e. The van der Waals surface area contributed by atoms with E-state index in [-0.39, 0.29) is 0 Å². The molecule has 1 unspecified atom stereocenters. The van der Waals surface area contributed by atoms with Gasteiger partial charge in [0.15, 0.2) is 0 Å². The summed E-state index contributed by atoms with van der Waals surface area (Å²) in [7, 11) is 0.785. The highest BCUT2D eigenvalue weighted by molar-refractivity contribution is 7.82. The third kappa shape index (κ3) is 4.68. The Labute approximate surface area is 135 Å². The van der Waals surface area contributed by atoms with Crippen molar-refractivity contribution in [2.45, 2.75) is 26.8 Å². The highest BCUT2D eigenvalue weighted by Crippen LogP contribution is 2.23. The number of nitrogens with one attached hydrogen (secondary N) is 2. The Kier molecular flexibility index (Phi) is 6.16. The molecule has 22 heavy (non-hydrogen) atoms. The van der Waals surface area contributed by atoms with Crippen LogP contribution < -0.4 is 10.0 Å². The second-order valence-corrected chi connectivity index (χ2v) is 6.96. The Bertz CT molecular complexity index is 618. The van der Waals surface area contributed by atoms with E-state index >= 15 is 0 Å². The maximum absolute atomic E-state index is 11.5. The first-order chi connectivity index (χ1) is 10.6. The molecule has 0 saturated carbocycles. The summed E-state index contributed by atoms with van der Waals surface area (Å²) >= 11 is 0. The summed E-state index contributed by atoms with van der Waals surface area (Å²) in [4.78, 5) is 0. The first-order valence-corrected chi connectivity index (χ1v) is 8.85. The number of rotatable bonds is 7. The van der Waals surface area contributed by atoms with Gasteiger partial charge in [-0.05, 0) is 49.6 Å². The van der Waals surface area contributed by atoms with Gasteiger partial charge < -0.3 is 5.32 Å². The summed E-state index contributed by atoms with van der Waals surface area (Å²) in [5, 5.41) is 3.53. The van der Waals surface area contributed by atoms with E-state index in [0.717, 1.165) is 13.0 Å². The number of benzene rings is 2. The lowest BCUT2D eigenvalue weighted by Gasteiger charge is -2.15. The Morgan fingerprint density at radius 1 is 1.00 bits per heavy atom. The predicted octanol–water partition coefficient (Wildman–Crippen LogP) is 3.34. The van der Waals surface area contributed by atoms with Gasteiger partial charge in [0.25, 0.3) is 0 Å². The molecule has 2 rings (SSSR count). The summed E-state index contributed by atoms with van der Waals surface area (Å²) in [6.45, 7) is 5.07. The second-order valence-electron chi connectivity index (χ2n) is 5.45. The van der Waals surface area contributed by atoms with Crippen LogP contribution in [0.2, 0.25) is 0 Å². The van der Waals surface area contributed by atoms with Gasteiger partial charge in [-0.1, -0.05) is 42.5 Å². The van der Waals surface area contributed by atoms with Crippen LogP contribution >= 0.6 is 0 Å². The zero-order valence-electron chi connectivity index (χ0n) is 13.5. The number of hydrogen-bond acceptors (Lipinski definition) is 2. The van der Waals surface area contributed by atoms with Gasteiger partial charge in [-0.2, -0.15) is 0 Å². The van der Waals surface area contributed by atoms with Gasteiger partial charge in [0.2, 0.25) is 0 Å². The van der Waals surface area contributed by atoms with E-state index in [0.29, 0.717) is 5.75 Å². The van der Waals surface area contributed by atoms with Crippen molar-refractivity contribution in [3.8, 4) is 0 Å². The van der Waals surface area contributed by atoms with Gasteiger partial charge in [-0.3, -0.25) is 0 Å². The molecule has 1 atom stereocenters. The third-order valence-corrected chi connectivity index (χ3v) is 4.74. The minimum Gasteiger partial charge on any atom is -0.381 e. The predicted molar refractivity (Wildman–Crippen MR) is 95.5 cm³/mol. The Morgan fingerprint density at radius 3 is 2.23 bits per heavy atom. The Balaban J connectivity index is 2.05. The van der Waals surface area contributed by atoms with E-state index in [1.165, 1.54) is 27.9 Å². The molecule has 0 radical (unpaired) electrons. The van der Waals surface area contributed by atoms with Crippen molar-refractivity contribution < 1.29 is 4.21 Å². The Hall–Kier alpha value is -1.65. The minimum absolute atomic E-state index is 0.645. The van der Waals surface area contributed by atoms with Crippen LogP contribution in [-0.4, -0.2) is 17.0 Å². The first-order valence-electron chi connectivity index (χ1n) is 7.54. The zero-order chi connectivity index (χ0) is 15.9. The summed E-state index contributed by atoms with van der Waals surface area (Å²) in [6, 6.07) is 14.8. The highest BCUT2D eigenvalue weighted by atomic mass is 32.2. The summed E-state index contributed by atoms with van der Waals surface area (Å²) in [5.41, 5.74) is 6.18. The maximum atomic E-state index is 11.5. The molecule has 118 valence electrons. The van der Waals surface area contributed by atoms with Gasteiger partial charge in [0.1, 0.15) is 0 Å². The topological polar surface area (TPSA) is 41.1 Å². The van der Waals surface area contributed by atoms with Crippen molar-refractivity contribution >= 4 is 16.7 Å². The molecule has 2 aromatic carbocycles. The smallest absolute Gasteiger partial charge is 0.0916 e. The van der Waals surface area contributed by atoms with Crippen LogP contribution in [0.15, 0.2) is 42.5 Å². The lowest BCUT2D eigenvalue weighted by atomic mass is 10.0. The molecule has 0 bridgehead atoms. The quantitative estimate of drug-likeness (QED) is 0.822. The molecule has 2 aromatic rings. The molecule has 0 saturated heterocycles. The van der Waals surface area contributed by atoms with Gasteiger partial charge >= 0.3 is 0 Å². The SMILES string of the molecule is CNS(=O)CCc1cc(C)c(NCc2ccccc2)c(C)c1. The standard InChI is InChI=1S/C18H24N2OS/c1-14-11-17(9-10-22(21)19-3)12-15(2)18(14)20-13-16-7-5-4-6-8-16/h4-8,11-12,19-20H,9-10,13H2,1-3H3. The van der Waals surface area contributed by atoms with E-state index < -0.39 is 11.0 Å². The van der Waals surface area contributed by atoms with E-state index in [4.69, 9.17) is 0 Å². The molecule has 4 heteroatoms. The van der Waals surface area contributed by atoms with Crippen LogP contribution in [0.25, 0.3) is 0 Å². The lowest BCUT2D eigenvalue weighted by molar-refractivity contribution is 0.677. The fourth-order valence-corrected chi connectivity index (χ4v) is 3.20. The molecule has 2 N–H and O–H groups in total. The van der Waals surface area contributed by atoms with Gasteiger partial charge in [-0.15, -0.1) is 0 Å². The molecule has 3 nitrogen and oxygen atoms in total. The average molecular weight is 316 g/mol. The van der Waals surface area contributed by atoms with Crippen molar-refractivity contribution in [2.75, 3.05) is 18.1 Å². The van der Waals surface area contributed by atoms with Gasteiger partial charge in [0, 0.05) is 18.0 Å². The highest BCUT2D eigenvalue weighted by Gasteiger charge is 2.06. The second kappa shape index (κ2) is 8.11. The van der Waals surface area contributed by atoms with Crippen LogP contribution in [-0.2, 0) is 24.0 Å². The summed E-state index contributed by atoms with van der Waals surface area (Å²) in [5.74, 6) is 0.645. The molecule has 0 spiro atoms. The molecule has 0 amide bonds. The van der Waals surface area contributed by atoms with E-state index in [2.05, 4.69) is 60.3 Å². The summed E-state index contributed by atoms with van der Waals surface area (Å²) in [6.07, 6.45) is 0.827. The maximum Gasteiger partial charge on any atom is 0.0916 e. The first kappa shape index (κ1) is 16.7. The van der Waals surface area contributed by atoms with Crippen molar-refractivity contribution in [3.63, 3.8) is 0 Å². The number of anilines is 1.